The number of fused-ring (bicyclic) bond motifs is 1. The molecule has 2 unspecified atom stereocenters. The van der Waals surface area contributed by atoms with Crippen molar-refractivity contribution in [2.24, 2.45) is 16.7 Å². The predicted molar refractivity (Wildman–Crippen MR) is 53.2 cm³/mol. The maximum atomic E-state index is 10.6. The molecule has 0 radical (unpaired) electrons. The van der Waals surface area contributed by atoms with Crippen LogP contribution in [0.3, 0.4) is 0 Å². The zero-order valence-electron chi connectivity index (χ0n) is 8.92. The Morgan fingerprint density at radius 2 is 2.21 bits per heavy atom. The van der Waals surface area contributed by atoms with Gasteiger partial charge in [-0.1, -0.05) is 20.8 Å². The van der Waals surface area contributed by atoms with E-state index in [4.69, 9.17) is 5.11 Å². The highest BCUT2D eigenvalue weighted by atomic mass is 16.4. The van der Waals surface area contributed by atoms with Gasteiger partial charge in [0.25, 0.3) is 0 Å². The van der Waals surface area contributed by atoms with Crippen molar-refractivity contribution in [2.45, 2.75) is 26.8 Å². The molecule has 0 aromatic heterocycles. The maximum absolute atomic E-state index is 10.6. The van der Waals surface area contributed by atoms with Crippen LogP contribution in [0.1, 0.15) is 20.8 Å². The third kappa shape index (κ3) is 1.06. The first kappa shape index (κ1) is 9.77. The zero-order valence-corrected chi connectivity index (χ0v) is 8.92. The molecule has 1 aliphatic heterocycles. The van der Waals surface area contributed by atoms with E-state index in [1.54, 1.807) is 0 Å². The quantitative estimate of drug-likeness (QED) is 0.586. The summed E-state index contributed by atoms with van der Waals surface area (Å²) in [5, 5.41) is 14.7. The van der Waals surface area contributed by atoms with Crippen molar-refractivity contribution < 1.29 is 9.90 Å². The van der Waals surface area contributed by atoms with E-state index in [-0.39, 0.29) is 16.9 Å². The Morgan fingerprint density at radius 3 is 2.64 bits per heavy atom. The van der Waals surface area contributed by atoms with E-state index in [1.165, 1.54) is 0 Å². The lowest BCUT2D eigenvalue weighted by molar-refractivity contribution is 0.178. The van der Waals surface area contributed by atoms with E-state index >= 15 is 0 Å². The second-order valence-electron chi connectivity index (χ2n) is 5.45. The highest BCUT2D eigenvalue weighted by Gasteiger charge is 2.72. The molecule has 0 aromatic rings. The standard InChI is InChI=1S/C10H18N2O2/c1-9(2,3)10-5-11-4-6(10)7(10)12-8(13)14/h6-7,11-12H,4-5H2,1-3H3,(H,13,14)/t6-,7?,10?/m0/s1. The van der Waals surface area contributed by atoms with E-state index in [0.717, 1.165) is 13.1 Å². The first-order chi connectivity index (χ1) is 6.39. The SMILES string of the molecule is CC(C)(C)C12CNC[C@H]1C2NC(=O)O. The van der Waals surface area contributed by atoms with Gasteiger partial charge in [-0.2, -0.15) is 0 Å². The van der Waals surface area contributed by atoms with Gasteiger partial charge >= 0.3 is 6.09 Å². The average molecular weight is 198 g/mol. The third-order valence-corrected chi connectivity index (χ3v) is 3.97. The van der Waals surface area contributed by atoms with Crippen LogP contribution in [0.25, 0.3) is 0 Å². The van der Waals surface area contributed by atoms with Gasteiger partial charge in [0.05, 0.1) is 0 Å². The molecule has 3 N–H and O–H groups in total. The van der Waals surface area contributed by atoms with Crippen molar-refractivity contribution >= 4 is 6.09 Å². The van der Waals surface area contributed by atoms with Crippen LogP contribution in [-0.4, -0.2) is 30.3 Å². The topological polar surface area (TPSA) is 61.4 Å². The van der Waals surface area contributed by atoms with Crippen LogP contribution in [0.4, 0.5) is 4.79 Å². The molecule has 4 heteroatoms. The van der Waals surface area contributed by atoms with Crippen LogP contribution in [0.15, 0.2) is 0 Å². The molecule has 0 bridgehead atoms. The van der Waals surface area contributed by atoms with Crippen molar-refractivity contribution in [1.82, 2.24) is 10.6 Å². The largest absolute Gasteiger partial charge is 0.465 e. The molecule has 1 aliphatic carbocycles. The Balaban J connectivity index is 2.15. The minimum atomic E-state index is -0.895. The Kier molecular flexibility index (Phi) is 1.83. The van der Waals surface area contributed by atoms with Crippen LogP contribution in [0.2, 0.25) is 0 Å². The van der Waals surface area contributed by atoms with Crippen LogP contribution in [0.5, 0.6) is 0 Å². The molecule has 2 fully saturated rings. The highest BCUT2D eigenvalue weighted by Crippen LogP contribution is 2.64. The van der Waals surface area contributed by atoms with Gasteiger partial charge in [0.15, 0.2) is 0 Å². The number of nitrogens with one attached hydrogen (secondary N) is 2. The Morgan fingerprint density at radius 1 is 1.57 bits per heavy atom. The fourth-order valence-corrected chi connectivity index (χ4v) is 3.14. The zero-order chi connectivity index (χ0) is 10.6. The number of piperidine rings is 1. The van der Waals surface area contributed by atoms with Gasteiger partial charge in [-0.05, 0) is 5.41 Å². The number of carbonyl (C=O) groups is 1. The summed E-state index contributed by atoms with van der Waals surface area (Å²) in [5.74, 6) is 0.485. The summed E-state index contributed by atoms with van der Waals surface area (Å²) in [7, 11) is 0. The molecule has 1 amide bonds. The van der Waals surface area contributed by atoms with Gasteiger partial charge in [0.1, 0.15) is 0 Å². The van der Waals surface area contributed by atoms with E-state index in [9.17, 15) is 4.79 Å². The average Bonchev–Trinajstić information content (AvgIpc) is 2.48. The fourth-order valence-electron chi connectivity index (χ4n) is 3.14. The van der Waals surface area contributed by atoms with Crippen molar-refractivity contribution in [1.29, 1.82) is 0 Å². The normalized spacial score (nSPS) is 40.5. The minimum Gasteiger partial charge on any atom is -0.465 e. The summed E-state index contributed by atoms with van der Waals surface area (Å²) in [6, 6.07) is 0.154. The molecule has 1 saturated carbocycles. The molecular formula is C10H18N2O2. The molecule has 2 rings (SSSR count). The minimum absolute atomic E-state index is 0.144. The lowest BCUT2D eigenvalue weighted by Crippen LogP contribution is -2.39. The summed E-state index contributed by atoms with van der Waals surface area (Å²) < 4.78 is 0. The van der Waals surface area contributed by atoms with Gasteiger partial charge in [0.2, 0.25) is 0 Å². The number of carboxylic acid groups (broad SMARTS) is 1. The van der Waals surface area contributed by atoms with Gasteiger partial charge < -0.3 is 15.7 Å². The Hall–Kier alpha value is -0.770. The lowest BCUT2D eigenvalue weighted by atomic mass is 9.76. The van der Waals surface area contributed by atoms with Gasteiger partial charge in [-0.25, -0.2) is 4.79 Å². The monoisotopic (exact) mass is 198 g/mol. The predicted octanol–water partition coefficient (Wildman–Crippen LogP) is 0.888. The molecule has 0 aromatic carbocycles. The van der Waals surface area contributed by atoms with Gasteiger partial charge in [0, 0.05) is 30.5 Å². The van der Waals surface area contributed by atoms with Crippen molar-refractivity contribution in [3.05, 3.63) is 0 Å². The summed E-state index contributed by atoms with van der Waals surface area (Å²) >= 11 is 0. The molecule has 0 spiro atoms. The second kappa shape index (κ2) is 2.63. The summed E-state index contributed by atoms with van der Waals surface area (Å²) in [4.78, 5) is 10.6. The van der Waals surface area contributed by atoms with Crippen molar-refractivity contribution in [3.8, 4) is 0 Å². The van der Waals surface area contributed by atoms with Crippen LogP contribution in [0, 0.1) is 16.7 Å². The van der Waals surface area contributed by atoms with E-state index in [2.05, 4.69) is 31.4 Å². The molecule has 14 heavy (non-hydrogen) atoms. The first-order valence-corrected chi connectivity index (χ1v) is 5.10. The molecule has 80 valence electrons. The molecule has 1 saturated heterocycles. The van der Waals surface area contributed by atoms with Crippen molar-refractivity contribution in [3.63, 3.8) is 0 Å². The smallest absolute Gasteiger partial charge is 0.404 e. The number of amides is 1. The third-order valence-electron chi connectivity index (χ3n) is 3.97. The lowest BCUT2D eigenvalue weighted by Gasteiger charge is -2.30. The first-order valence-electron chi connectivity index (χ1n) is 5.10. The molecular weight excluding hydrogens is 180 g/mol. The summed E-state index contributed by atoms with van der Waals surface area (Å²) in [5.41, 5.74) is 0.305. The Bertz CT molecular complexity index is 272. The van der Waals surface area contributed by atoms with E-state index in [1.807, 2.05) is 0 Å². The molecule has 1 heterocycles. The van der Waals surface area contributed by atoms with E-state index < -0.39 is 6.09 Å². The molecule has 2 aliphatic rings. The number of hydrogen-bond acceptors (Lipinski definition) is 2. The highest BCUT2D eigenvalue weighted by molar-refractivity contribution is 5.66. The second-order valence-corrected chi connectivity index (χ2v) is 5.45. The Labute approximate surface area is 84.1 Å². The van der Waals surface area contributed by atoms with Crippen LogP contribution >= 0.6 is 0 Å². The van der Waals surface area contributed by atoms with Crippen molar-refractivity contribution in [2.75, 3.05) is 13.1 Å². The maximum Gasteiger partial charge on any atom is 0.404 e. The number of hydrogen-bond donors (Lipinski definition) is 3. The fraction of sp³-hybridized carbons (Fsp3) is 0.900. The van der Waals surface area contributed by atoms with Gasteiger partial charge in [-0.15, -0.1) is 0 Å². The molecule has 3 atom stereocenters. The summed E-state index contributed by atoms with van der Waals surface area (Å²) in [6.45, 7) is 8.46. The summed E-state index contributed by atoms with van der Waals surface area (Å²) in [6.07, 6.45) is -0.895. The van der Waals surface area contributed by atoms with Gasteiger partial charge in [-0.3, -0.25) is 0 Å². The van der Waals surface area contributed by atoms with Crippen LogP contribution < -0.4 is 10.6 Å². The van der Waals surface area contributed by atoms with Crippen LogP contribution in [-0.2, 0) is 0 Å². The molecule has 4 nitrogen and oxygen atoms in total. The van der Waals surface area contributed by atoms with E-state index in [0.29, 0.717) is 5.92 Å². The number of rotatable bonds is 1.